The van der Waals surface area contributed by atoms with Gasteiger partial charge in [-0.2, -0.15) is 0 Å². The zero-order valence-electron chi connectivity index (χ0n) is 13.9. The Hall–Kier alpha value is -1.56. The number of hydrogen-bond donors (Lipinski definition) is 0. The summed E-state index contributed by atoms with van der Waals surface area (Å²) < 4.78 is 8.03. The molecule has 3 aliphatic rings. The Kier molecular flexibility index (Phi) is 4.01. The topological polar surface area (TPSA) is 50.6 Å². The Morgan fingerprint density at radius 2 is 2.04 bits per heavy atom. The summed E-state index contributed by atoms with van der Waals surface area (Å²) in [4.78, 5) is 21.2. The van der Waals surface area contributed by atoms with E-state index in [1.165, 1.54) is 18.5 Å². The predicted octanol–water partition coefficient (Wildman–Crippen LogP) is 1.96. The molecule has 4 rings (SSSR count). The van der Waals surface area contributed by atoms with Gasteiger partial charge in [-0.3, -0.25) is 0 Å². The molecular formula is C17H26N4O2. The first-order valence-corrected chi connectivity index (χ1v) is 8.84. The summed E-state index contributed by atoms with van der Waals surface area (Å²) in [5.41, 5.74) is 2.28. The molecule has 2 aliphatic heterocycles. The summed E-state index contributed by atoms with van der Waals surface area (Å²) in [7, 11) is 2.04. The number of urea groups is 1. The van der Waals surface area contributed by atoms with Gasteiger partial charge in [0.15, 0.2) is 0 Å². The molecule has 3 heterocycles. The number of aromatic nitrogens is 2. The third-order valence-corrected chi connectivity index (χ3v) is 5.25. The first-order chi connectivity index (χ1) is 11.2. The largest absolute Gasteiger partial charge is 0.380 e. The lowest BCUT2D eigenvalue weighted by molar-refractivity contribution is 0.0884. The van der Waals surface area contributed by atoms with E-state index in [9.17, 15) is 4.79 Å². The molecule has 6 heteroatoms. The number of rotatable bonds is 4. The molecule has 2 fully saturated rings. The highest BCUT2D eigenvalue weighted by Crippen LogP contribution is 2.31. The number of carbonyl (C=O) groups excluding carboxylic acids is 1. The van der Waals surface area contributed by atoms with Crippen LogP contribution in [0.4, 0.5) is 4.79 Å². The molecule has 1 atom stereocenters. The van der Waals surface area contributed by atoms with Gasteiger partial charge in [-0.25, -0.2) is 9.78 Å². The van der Waals surface area contributed by atoms with Crippen molar-refractivity contribution in [3.05, 3.63) is 17.7 Å². The van der Waals surface area contributed by atoms with Crippen LogP contribution in [0.2, 0.25) is 0 Å². The first-order valence-electron chi connectivity index (χ1n) is 8.84. The zero-order chi connectivity index (χ0) is 15.8. The van der Waals surface area contributed by atoms with Crippen molar-refractivity contribution < 1.29 is 9.53 Å². The van der Waals surface area contributed by atoms with Crippen LogP contribution in [0, 0.1) is 5.92 Å². The fraction of sp³-hybridized carbons (Fsp3) is 0.765. The molecule has 23 heavy (non-hydrogen) atoms. The molecule has 2 amide bonds. The Morgan fingerprint density at radius 3 is 2.78 bits per heavy atom. The highest BCUT2D eigenvalue weighted by molar-refractivity contribution is 5.75. The van der Waals surface area contributed by atoms with Crippen LogP contribution in [0.1, 0.15) is 43.0 Å². The van der Waals surface area contributed by atoms with Crippen molar-refractivity contribution in [2.45, 2.75) is 38.1 Å². The number of imidazole rings is 1. The summed E-state index contributed by atoms with van der Waals surface area (Å²) in [5.74, 6) is 1.00. The maximum atomic E-state index is 12.7. The van der Waals surface area contributed by atoms with Crippen LogP contribution < -0.4 is 0 Å². The lowest BCUT2D eigenvalue weighted by atomic mass is 9.99. The van der Waals surface area contributed by atoms with Crippen LogP contribution in [0.25, 0.3) is 0 Å². The number of nitrogens with zero attached hydrogens (tertiary/aromatic N) is 4. The Balaban J connectivity index is 1.47. The van der Waals surface area contributed by atoms with Gasteiger partial charge in [0.1, 0.15) is 0 Å². The quantitative estimate of drug-likeness (QED) is 0.853. The fourth-order valence-corrected chi connectivity index (χ4v) is 3.78. The van der Waals surface area contributed by atoms with Gasteiger partial charge in [0, 0.05) is 44.9 Å². The minimum atomic E-state index is 0.172. The van der Waals surface area contributed by atoms with Crippen LogP contribution in [0.3, 0.4) is 0 Å². The van der Waals surface area contributed by atoms with Gasteiger partial charge in [-0.05, 0) is 31.6 Å². The average Bonchev–Trinajstić information content (AvgIpc) is 3.07. The predicted molar refractivity (Wildman–Crippen MR) is 86.1 cm³/mol. The second-order valence-corrected chi connectivity index (χ2v) is 7.22. The van der Waals surface area contributed by atoms with E-state index in [1.54, 1.807) is 0 Å². The van der Waals surface area contributed by atoms with E-state index in [1.807, 2.05) is 23.2 Å². The minimum absolute atomic E-state index is 0.172. The van der Waals surface area contributed by atoms with Gasteiger partial charge in [-0.15, -0.1) is 0 Å². The summed E-state index contributed by atoms with van der Waals surface area (Å²) in [5, 5.41) is 0. The molecule has 1 aliphatic carbocycles. The maximum Gasteiger partial charge on any atom is 0.320 e. The molecule has 1 saturated heterocycles. The number of carbonyl (C=O) groups is 1. The second-order valence-electron chi connectivity index (χ2n) is 7.22. The SMILES string of the molecule is Cn1cnc2c1C(COCC1CC1)CN(C(=O)N1CCCC1)C2. The third-order valence-electron chi connectivity index (χ3n) is 5.25. The van der Waals surface area contributed by atoms with Crippen LogP contribution in [-0.2, 0) is 18.3 Å². The van der Waals surface area contributed by atoms with Gasteiger partial charge < -0.3 is 19.1 Å². The molecule has 126 valence electrons. The van der Waals surface area contributed by atoms with Crippen LogP contribution in [0.5, 0.6) is 0 Å². The Morgan fingerprint density at radius 1 is 1.26 bits per heavy atom. The molecule has 6 nitrogen and oxygen atoms in total. The summed E-state index contributed by atoms with van der Waals surface area (Å²) >= 11 is 0. The van der Waals surface area contributed by atoms with Gasteiger partial charge in [0.25, 0.3) is 0 Å². The Bertz CT molecular complexity index is 575. The number of fused-ring (bicyclic) bond motifs is 1. The number of hydrogen-bond acceptors (Lipinski definition) is 3. The molecule has 0 spiro atoms. The van der Waals surface area contributed by atoms with Crippen molar-refractivity contribution in [2.75, 3.05) is 32.8 Å². The zero-order valence-corrected chi connectivity index (χ0v) is 13.9. The van der Waals surface area contributed by atoms with Crippen LogP contribution >= 0.6 is 0 Å². The van der Waals surface area contributed by atoms with E-state index < -0.39 is 0 Å². The number of amides is 2. The average molecular weight is 318 g/mol. The molecule has 0 N–H and O–H groups in total. The molecule has 0 aromatic carbocycles. The van der Waals surface area contributed by atoms with Gasteiger partial charge >= 0.3 is 6.03 Å². The molecule has 1 saturated carbocycles. The monoisotopic (exact) mass is 318 g/mol. The molecule has 1 aromatic rings. The summed E-state index contributed by atoms with van der Waals surface area (Å²) in [6.45, 7) is 4.72. The van der Waals surface area contributed by atoms with E-state index in [0.717, 1.165) is 50.7 Å². The normalized spacial score (nSPS) is 24.1. The highest BCUT2D eigenvalue weighted by atomic mass is 16.5. The van der Waals surface area contributed by atoms with Crippen molar-refractivity contribution >= 4 is 6.03 Å². The Labute approximate surface area is 137 Å². The van der Waals surface area contributed by atoms with Crippen molar-refractivity contribution in [1.29, 1.82) is 0 Å². The summed E-state index contributed by atoms with van der Waals surface area (Å²) in [6.07, 6.45) is 6.73. The van der Waals surface area contributed by atoms with E-state index in [2.05, 4.69) is 9.55 Å². The molecule has 0 radical (unpaired) electrons. The first kappa shape index (κ1) is 15.0. The van der Waals surface area contributed by atoms with Crippen LogP contribution in [-0.4, -0.2) is 58.2 Å². The number of likely N-dealkylation sites (tertiary alicyclic amines) is 1. The highest BCUT2D eigenvalue weighted by Gasteiger charge is 2.34. The molecular weight excluding hydrogens is 292 g/mol. The number of ether oxygens (including phenoxy) is 1. The maximum absolute atomic E-state index is 12.7. The minimum Gasteiger partial charge on any atom is -0.380 e. The van der Waals surface area contributed by atoms with Crippen molar-refractivity contribution in [1.82, 2.24) is 19.4 Å². The standard InChI is InChI=1S/C17H26N4O2/c1-19-12-18-15-9-21(17(22)20-6-2-3-7-20)8-14(16(15)19)11-23-10-13-4-5-13/h12-14H,2-11H2,1H3. The van der Waals surface area contributed by atoms with Crippen molar-refractivity contribution in [3.8, 4) is 0 Å². The fourth-order valence-electron chi connectivity index (χ4n) is 3.78. The van der Waals surface area contributed by atoms with Gasteiger partial charge in [0.05, 0.1) is 25.2 Å². The van der Waals surface area contributed by atoms with E-state index in [-0.39, 0.29) is 11.9 Å². The molecule has 1 unspecified atom stereocenters. The second kappa shape index (κ2) is 6.15. The molecule has 1 aromatic heterocycles. The summed E-state index contributed by atoms with van der Waals surface area (Å²) in [6, 6.07) is 0.172. The van der Waals surface area contributed by atoms with E-state index in [4.69, 9.17) is 4.74 Å². The van der Waals surface area contributed by atoms with E-state index >= 15 is 0 Å². The number of aryl methyl sites for hydroxylation is 1. The van der Waals surface area contributed by atoms with Gasteiger partial charge in [0.2, 0.25) is 0 Å². The van der Waals surface area contributed by atoms with Crippen molar-refractivity contribution in [3.63, 3.8) is 0 Å². The lowest BCUT2D eigenvalue weighted by Gasteiger charge is -2.35. The van der Waals surface area contributed by atoms with Gasteiger partial charge in [-0.1, -0.05) is 0 Å². The van der Waals surface area contributed by atoms with Crippen molar-refractivity contribution in [2.24, 2.45) is 13.0 Å². The smallest absolute Gasteiger partial charge is 0.320 e. The molecule has 0 bridgehead atoms. The third kappa shape index (κ3) is 3.09. The van der Waals surface area contributed by atoms with E-state index in [0.29, 0.717) is 13.2 Å². The lowest BCUT2D eigenvalue weighted by Crippen LogP contribution is -2.46. The van der Waals surface area contributed by atoms with Crippen LogP contribution in [0.15, 0.2) is 6.33 Å².